The van der Waals surface area contributed by atoms with Gasteiger partial charge in [-0.3, -0.25) is 14.5 Å². The summed E-state index contributed by atoms with van der Waals surface area (Å²) in [5.74, 6) is 0.568. The third-order valence-corrected chi connectivity index (χ3v) is 8.67. The first-order valence-corrected chi connectivity index (χ1v) is 14.5. The number of hydrogen-bond acceptors (Lipinski definition) is 5. The molecule has 2 aliphatic rings. The summed E-state index contributed by atoms with van der Waals surface area (Å²) in [5, 5.41) is 5.30. The topological polar surface area (TPSA) is 65.8 Å². The summed E-state index contributed by atoms with van der Waals surface area (Å²) in [6.45, 7) is 5.18. The third-order valence-electron chi connectivity index (χ3n) is 7.73. The molecule has 37 heavy (non-hydrogen) atoms. The number of furan rings is 1. The van der Waals surface area contributed by atoms with Crippen molar-refractivity contribution in [2.75, 3.05) is 19.6 Å². The maximum atomic E-state index is 14.0. The quantitative estimate of drug-likeness (QED) is 0.338. The van der Waals surface area contributed by atoms with Gasteiger partial charge in [-0.2, -0.15) is 0 Å². The van der Waals surface area contributed by atoms with E-state index in [0.29, 0.717) is 12.1 Å². The number of fused-ring (bicyclic) bond motifs is 1. The molecule has 0 bridgehead atoms. The number of rotatable bonds is 11. The lowest BCUT2D eigenvalue weighted by molar-refractivity contribution is -0.124. The highest BCUT2D eigenvalue weighted by atomic mass is 32.1. The number of nitrogens with one attached hydrogen (secondary N) is 1. The second-order valence-electron chi connectivity index (χ2n) is 10.2. The first-order valence-electron chi connectivity index (χ1n) is 13.6. The van der Waals surface area contributed by atoms with Crippen LogP contribution in [0.15, 0.2) is 64.6 Å². The molecule has 3 heterocycles. The van der Waals surface area contributed by atoms with Crippen LogP contribution in [-0.2, 0) is 11.3 Å². The van der Waals surface area contributed by atoms with Gasteiger partial charge in [0.2, 0.25) is 5.91 Å². The van der Waals surface area contributed by atoms with Crippen LogP contribution >= 0.6 is 11.3 Å². The van der Waals surface area contributed by atoms with Gasteiger partial charge in [-0.15, -0.1) is 11.3 Å². The van der Waals surface area contributed by atoms with Crippen molar-refractivity contribution in [1.82, 2.24) is 15.1 Å². The van der Waals surface area contributed by atoms with Crippen molar-refractivity contribution in [2.24, 2.45) is 0 Å². The SMILES string of the molecule is CCCCN(CCNC(=O)C1c2ccccc2C(=O)N(C2CCCC2)C1c1cccs1)Cc1ccco1. The van der Waals surface area contributed by atoms with Gasteiger partial charge in [0.25, 0.3) is 5.91 Å². The van der Waals surface area contributed by atoms with E-state index in [1.807, 2.05) is 47.8 Å². The molecule has 0 saturated heterocycles. The summed E-state index contributed by atoms with van der Waals surface area (Å²) in [4.78, 5) is 33.2. The largest absolute Gasteiger partial charge is 0.468 e. The molecule has 2 atom stereocenters. The predicted octanol–water partition coefficient (Wildman–Crippen LogP) is 5.98. The average Bonchev–Trinajstić information content (AvgIpc) is 3.71. The molecule has 1 saturated carbocycles. The first kappa shape index (κ1) is 25.7. The fourth-order valence-corrected chi connectivity index (χ4v) is 6.76. The van der Waals surface area contributed by atoms with Gasteiger partial charge in [-0.1, -0.05) is 50.5 Å². The molecular weight excluding hydrogens is 482 g/mol. The van der Waals surface area contributed by atoms with Gasteiger partial charge in [0, 0.05) is 29.6 Å². The van der Waals surface area contributed by atoms with Gasteiger partial charge in [0.05, 0.1) is 24.8 Å². The molecule has 0 radical (unpaired) electrons. The fourth-order valence-electron chi connectivity index (χ4n) is 5.90. The molecule has 1 fully saturated rings. The first-order chi connectivity index (χ1) is 18.2. The Morgan fingerprint density at radius 3 is 2.68 bits per heavy atom. The van der Waals surface area contributed by atoms with Gasteiger partial charge >= 0.3 is 0 Å². The van der Waals surface area contributed by atoms with Crippen molar-refractivity contribution < 1.29 is 14.0 Å². The Morgan fingerprint density at radius 1 is 1.11 bits per heavy atom. The minimum Gasteiger partial charge on any atom is -0.468 e. The summed E-state index contributed by atoms with van der Waals surface area (Å²) >= 11 is 1.64. The molecule has 196 valence electrons. The van der Waals surface area contributed by atoms with E-state index in [2.05, 4.69) is 28.1 Å². The monoisotopic (exact) mass is 519 g/mol. The number of amides is 2. The second kappa shape index (κ2) is 12.1. The molecule has 3 aromatic rings. The van der Waals surface area contributed by atoms with Crippen molar-refractivity contribution >= 4 is 23.2 Å². The number of nitrogens with zero attached hydrogens (tertiary/aromatic N) is 2. The maximum Gasteiger partial charge on any atom is 0.254 e. The lowest BCUT2D eigenvalue weighted by Crippen LogP contribution is -2.51. The van der Waals surface area contributed by atoms with Crippen molar-refractivity contribution in [3.05, 3.63) is 81.9 Å². The number of hydrogen-bond donors (Lipinski definition) is 1. The summed E-state index contributed by atoms with van der Waals surface area (Å²) in [6.07, 6.45) is 8.20. The summed E-state index contributed by atoms with van der Waals surface area (Å²) in [5.41, 5.74) is 1.51. The van der Waals surface area contributed by atoms with E-state index < -0.39 is 5.92 Å². The van der Waals surface area contributed by atoms with Crippen molar-refractivity contribution in [3.63, 3.8) is 0 Å². The molecule has 7 heteroatoms. The second-order valence-corrected chi connectivity index (χ2v) is 11.2. The highest BCUT2D eigenvalue weighted by molar-refractivity contribution is 7.10. The van der Waals surface area contributed by atoms with Gasteiger partial charge in [0.1, 0.15) is 5.76 Å². The van der Waals surface area contributed by atoms with Crippen LogP contribution in [0.3, 0.4) is 0 Å². The smallest absolute Gasteiger partial charge is 0.254 e. The summed E-state index contributed by atoms with van der Waals surface area (Å²) < 4.78 is 5.57. The van der Waals surface area contributed by atoms with Gasteiger partial charge in [0.15, 0.2) is 0 Å². The van der Waals surface area contributed by atoms with E-state index in [0.717, 1.165) is 74.4 Å². The molecule has 2 amide bonds. The molecular formula is C30H37N3O3S. The zero-order chi connectivity index (χ0) is 25.6. The Labute approximate surface area is 223 Å². The molecule has 2 unspecified atom stereocenters. The molecule has 1 aliphatic heterocycles. The molecule has 1 aliphatic carbocycles. The minimum atomic E-state index is -0.428. The normalized spacial score (nSPS) is 19.9. The number of thiophene rings is 1. The van der Waals surface area contributed by atoms with E-state index in [4.69, 9.17) is 4.42 Å². The van der Waals surface area contributed by atoms with Crippen LogP contribution in [0.1, 0.15) is 84.0 Å². The molecule has 0 spiro atoms. The van der Waals surface area contributed by atoms with Crippen LogP contribution < -0.4 is 5.32 Å². The highest BCUT2D eigenvalue weighted by Crippen LogP contribution is 2.47. The van der Waals surface area contributed by atoms with Gasteiger partial charge in [-0.25, -0.2) is 0 Å². The Balaban J connectivity index is 1.38. The molecule has 6 nitrogen and oxygen atoms in total. The fraction of sp³-hybridized carbons (Fsp3) is 0.467. The number of unbranched alkanes of at least 4 members (excludes halogenated alkanes) is 1. The predicted molar refractivity (Wildman–Crippen MR) is 147 cm³/mol. The number of carbonyl (C=O) groups excluding carboxylic acids is 2. The van der Waals surface area contributed by atoms with Crippen LogP contribution in [-0.4, -0.2) is 47.3 Å². The van der Waals surface area contributed by atoms with Crippen LogP contribution in [0.25, 0.3) is 0 Å². The van der Waals surface area contributed by atoms with Gasteiger partial charge in [-0.05, 0) is 61.0 Å². The molecule has 1 N–H and O–H groups in total. The lowest BCUT2D eigenvalue weighted by Gasteiger charge is -2.44. The number of carbonyl (C=O) groups is 2. The Morgan fingerprint density at radius 2 is 1.95 bits per heavy atom. The summed E-state index contributed by atoms with van der Waals surface area (Å²) in [6, 6.07) is 15.6. The van der Waals surface area contributed by atoms with Crippen molar-refractivity contribution in [1.29, 1.82) is 0 Å². The van der Waals surface area contributed by atoms with Crippen LogP contribution in [0, 0.1) is 0 Å². The summed E-state index contributed by atoms with van der Waals surface area (Å²) in [7, 11) is 0. The minimum absolute atomic E-state index is 0.00483. The maximum absolute atomic E-state index is 14.0. The van der Waals surface area contributed by atoms with E-state index in [9.17, 15) is 9.59 Å². The van der Waals surface area contributed by atoms with Gasteiger partial charge < -0.3 is 14.6 Å². The third kappa shape index (κ3) is 5.68. The average molecular weight is 520 g/mol. The van der Waals surface area contributed by atoms with E-state index in [1.165, 1.54) is 0 Å². The molecule has 5 rings (SSSR count). The highest BCUT2D eigenvalue weighted by Gasteiger charge is 2.47. The lowest BCUT2D eigenvalue weighted by atomic mass is 9.80. The van der Waals surface area contributed by atoms with E-state index >= 15 is 0 Å². The Bertz CT molecular complexity index is 1150. The zero-order valence-corrected chi connectivity index (χ0v) is 22.4. The molecule has 1 aromatic carbocycles. The number of benzene rings is 1. The Kier molecular flexibility index (Phi) is 8.41. The van der Waals surface area contributed by atoms with Crippen LogP contribution in [0.2, 0.25) is 0 Å². The zero-order valence-electron chi connectivity index (χ0n) is 21.6. The van der Waals surface area contributed by atoms with Crippen molar-refractivity contribution in [3.8, 4) is 0 Å². The molecule has 2 aromatic heterocycles. The standard InChI is InChI=1S/C30H37N3O3S/c1-2-3-17-32(21-23-12-8-19-36-23)18-16-31-29(34)27-24-13-6-7-14-25(24)30(35)33(22-10-4-5-11-22)28(27)26-15-9-20-37-26/h6-9,12-15,19-20,22,27-28H,2-5,10-11,16-18,21H2,1H3,(H,31,34). The van der Waals surface area contributed by atoms with Crippen LogP contribution in [0.5, 0.6) is 0 Å². The van der Waals surface area contributed by atoms with E-state index in [-0.39, 0.29) is 23.9 Å². The Hall–Kier alpha value is -2.90. The van der Waals surface area contributed by atoms with E-state index in [1.54, 1.807) is 17.6 Å². The van der Waals surface area contributed by atoms with Crippen molar-refractivity contribution in [2.45, 2.75) is 70.0 Å². The van der Waals surface area contributed by atoms with Crippen LogP contribution in [0.4, 0.5) is 0 Å².